The minimum Gasteiger partial charge on any atom is -0.325 e. The summed E-state index contributed by atoms with van der Waals surface area (Å²) in [5, 5.41) is 1.92. The molecule has 0 radical (unpaired) electrons. The summed E-state index contributed by atoms with van der Waals surface area (Å²) >= 11 is 0. The van der Waals surface area contributed by atoms with Crippen LogP contribution in [0, 0.1) is 0 Å². The number of hydrogen-bond acceptors (Lipinski definition) is 6. The molecule has 0 fully saturated rings. The van der Waals surface area contributed by atoms with Gasteiger partial charge in [-0.05, 0) is 36.4 Å². The van der Waals surface area contributed by atoms with E-state index in [0.717, 1.165) is 37.4 Å². The zero-order valence-electron chi connectivity index (χ0n) is 16.4. The van der Waals surface area contributed by atoms with Crippen molar-refractivity contribution in [3.05, 3.63) is 62.9 Å². The van der Waals surface area contributed by atoms with Crippen molar-refractivity contribution >= 4 is 32.5 Å². The summed E-state index contributed by atoms with van der Waals surface area (Å²) in [6, 6.07) is 5.12. The number of hydrogen-bond donors (Lipinski definition) is 1. The molecule has 33 heavy (non-hydrogen) atoms. The second-order valence-electron chi connectivity index (χ2n) is 6.68. The van der Waals surface area contributed by atoms with Crippen LogP contribution in [-0.4, -0.2) is 34.2 Å². The number of sulfone groups is 1. The van der Waals surface area contributed by atoms with E-state index >= 15 is 0 Å². The van der Waals surface area contributed by atoms with Crippen LogP contribution in [0.2, 0.25) is 0 Å². The number of anilines is 1. The Morgan fingerprint density at radius 1 is 1.09 bits per heavy atom. The van der Waals surface area contributed by atoms with Crippen LogP contribution in [0.15, 0.2) is 50.9 Å². The first-order valence-corrected chi connectivity index (χ1v) is 10.4. The van der Waals surface area contributed by atoms with Crippen LogP contribution >= 0.6 is 0 Å². The van der Waals surface area contributed by atoms with Gasteiger partial charge >= 0.3 is 17.6 Å². The van der Waals surface area contributed by atoms with Crippen molar-refractivity contribution in [3.8, 4) is 0 Å². The largest absolute Gasteiger partial charge is 0.433 e. The summed E-state index contributed by atoms with van der Waals surface area (Å²) in [5.74, 6) is -4.55. The molecule has 0 aliphatic carbocycles. The van der Waals surface area contributed by atoms with Crippen LogP contribution < -0.4 is 16.6 Å². The van der Waals surface area contributed by atoms with Crippen molar-refractivity contribution in [1.29, 1.82) is 0 Å². The summed E-state index contributed by atoms with van der Waals surface area (Å²) in [7, 11) is -3.75. The van der Waals surface area contributed by atoms with E-state index in [4.69, 9.17) is 0 Å². The SMILES string of the molecule is Cn1c(=O)n(CC(=O)Nc2ccc(S(=O)(=O)C(F)F)cc2)c(=O)c2ccc(C(F)(F)F)nc21. The van der Waals surface area contributed by atoms with E-state index in [1.54, 1.807) is 0 Å². The minimum atomic E-state index is -4.83. The maximum Gasteiger partial charge on any atom is 0.433 e. The highest BCUT2D eigenvalue weighted by atomic mass is 32.2. The molecule has 3 aromatic rings. The lowest BCUT2D eigenvalue weighted by Gasteiger charge is -2.12. The molecule has 2 aromatic heterocycles. The van der Waals surface area contributed by atoms with E-state index in [0.29, 0.717) is 15.2 Å². The maximum atomic E-state index is 12.9. The van der Waals surface area contributed by atoms with Gasteiger partial charge in [0.1, 0.15) is 17.9 Å². The van der Waals surface area contributed by atoms with E-state index in [2.05, 4.69) is 10.3 Å². The van der Waals surface area contributed by atoms with E-state index in [1.165, 1.54) is 0 Å². The molecule has 1 N–H and O–H groups in total. The van der Waals surface area contributed by atoms with Gasteiger partial charge in [-0.1, -0.05) is 0 Å². The molecule has 1 amide bonds. The average Bonchev–Trinajstić information content (AvgIpc) is 2.74. The second kappa shape index (κ2) is 8.38. The molecule has 0 spiro atoms. The highest BCUT2D eigenvalue weighted by molar-refractivity contribution is 7.91. The molecule has 0 atom stereocenters. The van der Waals surface area contributed by atoms with Crippen molar-refractivity contribution < 1.29 is 35.2 Å². The van der Waals surface area contributed by atoms with Gasteiger partial charge in [0.15, 0.2) is 0 Å². The number of aromatic nitrogens is 3. The third-order valence-corrected chi connectivity index (χ3v) is 5.88. The van der Waals surface area contributed by atoms with E-state index < -0.39 is 61.7 Å². The van der Waals surface area contributed by atoms with Gasteiger partial charge in [-0.3, -0.25) is 18.7 Å². The molecule has 0 unspecified atom stereocenters. The molecule has 176 valence electrons. The average molecular weight is 492 g/mol. The smallest absolute Gasteiger partial charge is 0.325 e. The van der Waals surface area contributed by atoms with Crippen molar-refractivity contribution in [1.82, 2.24) is 14.1 Å². The zero-order valence-corrected chi connectivity index (χ0v) is 17.2. The van der Waals surface area contributed by atoms with E-state index in [9.17, 15) is 44.8 Å². The summed E-state index contributed by atoms with van der Waals surface area (Å²) in [5.41, 5.74) is -4.00. The monoisotopic (exact) mass is 492 g/mol. The molecule has 1 aromatic carbocycles. The molecular weight excluding hydrogens is 479 g/mol. The van der Waals surface area contributed by atoms with Crippen molar-refractivity contribution in [3.63, 3.8) is 0 Å². The van der Waals surface area contributed by atoms with Crippen LogP contribution in [0.4, 0.5) is 27.6 Å². The standard InChI is InChI=1S/C18H13F5N4O5S/c1-26-14-11(6-7-12(25-14)18(21,22)23)15(29)27(17(26)30)8-13(28)24-9-2-4-10(5-3-9)33(31,32)16(19)20/h2-7,16H,8H2,1H3,(H,24,28). The van der Waals surface area contributed by atoms with Gasteiger partial charge in [-0.2, -0.15) is 22.0 Å². The second-order valence-corrected chi connectivity index (χ2v) is 8.59. The third kappa shape index (κ3) is 4.62. The number of carbonyl (C=O) groups excluding carboxylic acids is 1. The number of nitrogens with zero attached hydrogens (tertiary/aromatic N) is 3. The van der Waals surface area contributed by atoms with Crippen LogP contribution in [0.5, 0.6) is 0 Å². The summed E-state index contributed by atoms with van der Waals surface area (Å²) < 4.78 is 87.8. The number of fused-ring (bicyclic) bond motifs is 1. The van der Waals surface area contributed by atoms with Gasteiger partial charge in [0.25, 0.3) is 5.56 Å². The lowest BCUT2D eigenvalue weighted by atomic mass is 10.2. The highest BCUT2D eigenvalue weighted by Crippen LogP contribution is 2.28. The van der Waals surface area contributed by atoms with Crippen molar-refractivity contribution in [2.45, 2.75) is 23.4 Å². The number of amides is 1. The maximum absolute atomic E-state index is 12.9. The van der Waals surface area contributed by atoms with Gasteiger partial charge in [0.05, 0.1) is 10.3 Å². The molecule has 15 heteroatoms. The first-order valence-electron chi connectivity index (χ1n) is 8.83. The molecule has 0 aliphatic heterocycles. The lowest BCUT2D eigenvalue weighted by molar-refractivity contribution is -0.141. The quantitative estimate of drug-likeness (QED) is 0.542. The van der Waals surface area contributed by atoms with Crippen LogP contribution in [0.1, 0.15) is 5.69 Å². The predicted molar refractivity (Wildman–Crippen MR) is 105 cm³/mol. The normalized spacial score (nSPS) is 12.3. The lowest BCUT2D eigenvalue weighted by Crippen LogP contribution is -2.42. The van der Waals surface area contributed by atoms with Crippen molar-refractivity contribution in [2.24, 2.45) is 7.05 Å². The minimum absolute atomic E-state index is 0.0182. The molecule has 2 heterocycles. The van der Waals surface area contributed by atoms with Gasteiger partial charge in [-0.15, -0.1) is 0 Å². The van der Waals surface area contributed by atoms with Gasteiger partial charge < -0.3 is 5.32 Å². The molecular formula is C18H13F5N4O5S. The number of halogens is 5. The highest BCUT2D eigenvalue weighted by Gasteiger charge is 2.33. The fourth-order valence-electron chi connectivity index (χ4n) is 2.85. The van der Waals surface area contributed by atoms with E-state index in [1.807, 2.05) is 0 Å². The Hall–Kier alpha value is -3.62. The summed E-state index contributed by atoms with van der Waals surface area (Å²) in [4.78, 5) is 40.0. The zero-order chi connectivity index (χ0) is 24.7. The Labute approximate surface area is 181 Å². The third-order valence-electron chi connectivity index (χ3n) is 4.48. The Kier molecular flexibility index (Phi) is 6.10. The fourth-order valence-corrected chi connectivity index (χ4v) is 3.57. The van der Waals surface area contributed by atoms with Gasteiger partial charge in [0.2, 0.25) is 15.7 Å². The number of pyridine rings is 1. The summed E-state index contributed by atoms with van der Waals surface area (Å²) in [6.45, 7) is -0.834. The number of benzene rings is 1. The van der Waals surface area contributed by atoms with Crippen LogP contribution in [0.25, 0.3) is 11.0 Å². The molecule has 0 saturated heterocycles. The van der Waals surface area contributed by atoms with Gasteiger partial charge in [0, 0.05) is 12.7 Å². The molecule has 0 bridgehead atoms. The molecule has 9 nitrogen and oxygen atoms in total. The summed E-state index contributed by atoms with van der Waals surface area (Å²) in [6.07, 6.45) is -4.80. The van der Waals surface area contributed by atoms with Crippen LogP contribution in [0.3, 0.4) is 0 Å². The van der Waals surface area contributed by atoms with Crippen LogP contribution in [-0.2, 0) is 34.4 Å². The Morgan fingerprint density at radius 3 is 2.24 bits per heavy atom. The molecule has 0 aliphatic rings. The number of carbonyl (C=O) groups is 1. The molecule has 0 saturated carbocycles. The predicted octanol–water partition coefficient (Wildman–Crippen LogP) is 1.75. The van der Waals surface area contributed by atoms with E-state index in [-0.39, 0.29) is 11.1 Å². The molecule has 3 rings (SSSR count). The topological polar surface area (TPSA) is 120 Å². The number of alkyl halides is 5. The number of rotatable bonds is 5. The fraction of sp³-hybridized carbons (Fsp3) is 0.222. The Balaban J connectivity index is 1.90. The van der Waals surface area contributed by atoms with Gasteiger partial charge in [-0.25, -0.2) is 18.2 Å². The first kappa shape index (κ1) is 24.0. The first-order chi connectivity index (χ1) is 15.2. The van der Waals surface area contributed by atoms with Crippen molar-refractivity contribution in [2.75, 3.05) is 5.32 Å². The Morgan fingerprint density at radius 2 is 1.70 bits per heavy atom. The number of aryl methyl sites for hydroxylation is 1. The Bertz CT molecular complexity index is 1460. The number of nitrogens with one attached hydrogen (secondary N) is 1.